The Morgan fingerprint density at radius 1 is 1.38 bits per heavy atom. The second-order valence-corrected chi connectivity index (χ2v) is 7.84. The van der Waals surface area contributed by atoms with E-state index in [4.69, 9.17) is 5.11 Å². The molecule has 0 saturated carbocycles. The number of rotatable bonds is 8. The first-order valence-corrected chi connectivity index (χ1v) is 9.14. The van der Waals surface area contributed by atoms with E-state index in [1.807, 2.05) is 7.05 Å². The fourth-order valence-electron chi connectivity index (χ4n) is 1.72. The van der Waals surface area contributed by atoms with E-state index >= 15 is 0 Å². The molecule has 0 spiro atoms. The molecule has 0 aliphatic heterocycles. The lowest BCUT2D eigenvalue weighted by Gasteiger charge is -2.20. The van der Waals surface area contributed by atoms with Gasteiger partial charge in [-0.1, -0.05) is 6.07 Å². The SMILES string of the molecule is CC(C)N(C)CCCNS(=O)(=O)c1cc(CO)ccc1Br. The van der Waals surface area contributed by atoms with Gasteiger partial charge in [-0.05, 0) is 67.5 Å². The molecule has 0 aliphatic rings. The van der Waals surface area contributed by atoms with Crippen molar-refractivity contribution in [2.45, 2.75) is 37.8 Å². The molecule has 0 aliphatic carbocycles. The molecule has 0 heterocycles. The van der Waals surface area contributed by atoms with E-state index in [9.17, 15) is 8.42 Å². The van der Waals surface area contributed by atoms with Crippen molar-refractivity contribution in [3.05, 3.63) is 28.2 Å². The molecule has 5 nitrogen and oxygen atoms in total. The zero-order valence-corrected chi connectivity index (χ0v) is 15.0. The third kappa shape index (κ3) is 5.67. The minimum Gasteiger partial charge on any atom is -0.392 e. The minimum atomic E-state index is -3.57. The molecule has 0 saturated heterocycles. The van der Waals surface area contributed by atoms with Crippen molar-refractivity contribution in [3.8, 4) is 0 Å². The zero-order chi connectivity index (χ0) is 16.0. The van der Waals surface area contributed by atoms with Crippen LogP contribution in [0.5, 0.6) is 0 Å². The fraction of sp³-hybridized carbons (Fsp3) is 0.571. The van der Waals surface area contributed by atoms with Crippen LogP contribution >= 0.6 is 15.9 Å². The van der Waals surface area contributed by atoms with Crippen LogP contribution in [0.25, 0.3) is 0 Å². The molecular formula is C14H23BrN2O3S. The number of hydrogen-bond donors (Lipinski definition) is 2. The largest absolute Gasteiger partial charge is 0.392 e. The van der Waals surface area contributed by atoms with Crippen LogP contribution in [0, 0.1) is 0 Å². The number of halogens is 1. The van der Waals surface area contributed by atoms with Gasteiger partial charge in [-0.3, -0.25) is 0 Å². The molecule has 1 aromatic carbocycles. The Morgan fingerprint density at radius 2 is 2.05 bits per heavy atom. The van der Waals surface area contributed by atoms with Crippen LogP contribution in [0.1, 0.15) is 25.8 Å². The van der Waals surface area contributed by atoms with Gasteiger partial charge in [0.25, 0.3) is 0 Å². The summed E-state index contributed by atoms with van der Waals surface area (Å²) in [4.78, 5) is 2.32. The molecule has 120 valence electrons. The van der Waals surface area contributed by atoms with Gasteiger partial charge >= 0.3 is 0 Å². The summed E-state index contributed by atoms with van der Waals surface area (Å²) in [5, 5.41) is 9.11. The maximum Gasteiger partial charge on any atom is 0.241 e. The van der Waals surface area contributed by atoms with Gasteiger partial charge < -0.3 is 10.0 Å². The van der Waals surface area contributed by atoms with Gasteiger partial charge in [0.2, 0.25) is 10.0 Å². The predicted molar refractivity (Wildman–Crippen MR) is 87.6 cm³/mol. The van der Waals surface area contributed by atoms with E-state index in [2.05, 4.69) is 39.4 Å². The predicted octanol–water partition coefficient (Wildman–Crippen LogP) is 1.95. The van der Waals surface area contributed by atoms with Crippen LogP contribution in [0.4, 0.5) is 0 Å². The van der Waals surface area contributed by atoms with Crippen molar-refractivity contribution in [2.75, 3.05) is 20.1 Å². The smallest absolute Gasteiger partial charge is 0.241 e. The zero-order valence-electron chi connectivity index (χ0n) is 12.6. The van der Waals surface area contributed by atoms with Crippen molar-refractivity contribution < 1.29 is 13.5 Å². The van der Waals surface area contributed by atoms with Crippen molar-refractivity contribution in [3.63, 3.8) is 0 Å². The average Bonchev–Trinajstić information content (AvgIpc) is 2.43. The Bertz CT molecular complexity index is 561. The van der Waals surface area contributed by atoms with Crippen molar-refractivity contribution >= 4 is 26.0 Å². The standard InChI is InChI=1S/C14H23BrN2O3S/c1-11(2)17(3)8-4-7-16-21(19,20)14-9-12(10-18)5-6-13(14)15/h5-6,9,11,16,18H,4,7-8,10H2,1-3H3. The summed E-state index contributed by atoms with van der Waals surface area (Å²) in [5.41, 5.74) is 0.568. The molecule has 1 rings (SSSR count). The molecular weight excluding hydrogens is 356 g/mol. The van der Waals surface area contributed by atoms with Crippen LogP contribution in [0.15, 0.2) is 27.6 Å². The van der Waals surface area contributed by atoms with E-state index in [0.717, 1.165) is 13.0 Å². The monoisotopic (exact) mass is 378 g/mol. The quantitative estimate of drug-likeness (QED) is 0.678. The highest BCUT2D eigenvalue weighted by Crippen LogP contribution is 2.23. The number of sulfonamides is 1. The van der Waals surface area contributed by atoms with Crippen LogP contribution in [0.3, 0.4) is 0 Å². The Labute approximate surface area is 135 Å². The highest BCUT2D eigenvalue weighted by Gasteiger charge is 2.17. The minimum absolute atomic E-state index is 0.159. The van der Waals surface area contributed by atoms with Gasteiger partial charge in [0, 0.05) is 17.1 Å². The second kappa shape index (κ2) is 8.24. The first kappa shape index (κ1) is 18.6. The molecule has 21 heavy (non-hydrogen) atoms. The number of aliphatic hydroxyl groups excluding tert-OH is 1. The van der Waals surface area contributed by atoms with E-state index in [-0.39, 0.29) is 11.5 Å². The van der Waals surface area contributed by atoms with E-state index < -0.39 is 10.0 Å². The first-order valence-electron chi connectivity index (χ1n) is 6.87. The number of aliphatic hydroxyl groups is 1. The number of benzene rings is 1. The third-order valence-corrected chi connectivity index (χ3v) is 5.78. The maximum absolute atomic E-state index is 12.3. The molecule has 2 N–H and O–H groups in total. The van der Waals surface area contributed by atoms with Crippen LogP contribution in [-0.4, -0.2) is 44.6 Å². The van der Waals surface area contributed by atoms with Gasteiger partial charge in [0.1, 0.15) is 0 Å². The fourth-order valence-corrected chi connectivity index (χ4v) is 3.81. The Hall–Kier alpha value is -0.470. The number of nitrogens with zero attached hydrogens (tertiary/aromatic N) is 1. The maximum atomic E-state index is 12.3. The molecule has 0 unspecified atom stereocenters. The number of nitrogens with one attached hydrogen (secondary N) is 1. The highest BCUT2D eigenvalue weighted by atomic mass is 79.9. The van der Waals surface area contributed by atoms with Crippen LogP contribution < -0.4 is 4.72 Å². The summed E-state index contributed by atoms with van der Waals surface area (Å²) in [5.74, 6) is 0. The molecule has 1 aromatic rings. The second-order valence-electron chi connectivity index (χ2n) is 5.25. The summed E-state index contributed by atoms with van der Waals surface area (Å²) < 4.78 is 27.6. The summed E-state index contributed by atoms with van der Waals surface area (Å²) in [6.45, 7) is 5.23. The molecule has 0 bridgehead atoms. The van der Waals surface area contributed by atoms with Crippen LogP contribution in [-0.2, 0) is 16.6 Å². The molecule has 0 fully saturated rings. The summed E-state index contributed by atoms with van der Waals surface area (Å²) in [7, 11) is -1.55. The molecule has 0 radical (unpaired) electrons. The number of hydrogen-bond acceptors (Lipinski definition) is 4. The average molecular weight is 379 g/mol. The topological polar surface area (TPSA) is 69.6 Å². The lowest BCUT2D eigenvalue weighted by atomic mass is 10.2. The molecule has 7 heteroatoms. The highest BCUT2D eigenvalue weighted by molar-refractivity contribution is 9.10. The first-order chi connectivity index (χ1) is 9.77. The van der Waals surface area contributed by atoms with E-state index in [0.29, 0.717) is 22.6 Å². The Balaban J connectivity index is 2.66. The lowest BCUT2D eigenvalue weighted by molar-refractivity contribution is 0.271. The normalized spacial score (nSPS) is 12.3. The van der Waals surface area contributed by atoms with E-state index in [1.54, 1.807) is 12.1 Å². The molecule has 0 atom stereocenters. The van der Waals surface area contributed by atoms with Crippen LogP contribution in [0.2, 0.25) is 0 Å². The van der Waals surface area contributed by atoms with Crippen molar-refractivity contribution in [1.82, 2.24) is 9.62 Å². The summed E-state index contributed by atoms with van der Waals surface area (Å²) in [6, 6.07) is 5.23. The van der Waals surface area contributed by atoms with Crippen molar-refractivity contribution in [2.24, 2.45) is 0 Å². The van der Waals surface area contributed by atoms with Gasteiger partial charge in [0.15, 0.2) is 0 Å². The van der Waals surface area contributed by atoms with Crippen molar-refractivity contribution in [1.29, 1.82) is 0 Å². The molecule has 0 aromatic heterocycles. The van der Waals surface area contributed by atoms with Gasteiger partial charge in [0.05, 0.1) is 11.5 Å². The van der Waals surface area contributed by atoms with Gasteiger partial charge in [-0.25, -0.2) is 13.1 Å². The summed E-state index contributed by atoms with van der Waals surface area (Å²) >= 11 is 3.24. The Morgan fingerprint density at radius 3 is 2.62 bits per heavy atom. The van der Waals surface area contributed by atoms with E-state index in [1.165, 1.54) is 6.07 Å². The third-order valence-electron chi connectivity index (χ3n) is 3.33. The van der Waals surface area contributed by atoms with Gasteiger partial charge in [-0.2, -0.15) is 0 Å². The van der Waals surface area contributed by atoms with Gasteiger partial charge in [-0.15, -0.1) is 0 Å². The Kier molecular flexibility index (Phi) is 7.29. The molecule has 0 amide bonds. The lowest BCUT2D eigenvalue weighted by Crippen LogP contribution is -2.31. The summed E-state index contributed by atoms with van der Waals surface area (Å²) in [6.07, 6.45) is 0.741.